The molecule has 1 atom stereocenters. The third-order valence-electron chi connectivity index (χ3n) is 6.16. The summed E-state index contributed by atoms with van der Waals surface area (Å²) in [5.74, 6) is 0.762. The Morgan fingerprint density at radius 2 is 2.00 bits per heavy atom. The number of benzene rings is 2. The minimum atomic E-state index is -3.63. The Balaban J connectivity index is 1.69. The van der Waals surface area contributed by atoms with Gasteiger partial charge in [0, 0.05) is 0 Å². The number of nitrogens with zero attached hydrogens (tertiary/aromatic N) is 4. The van der Waals surface area contributed by atoms with E-state index in [1.807, 2.05) is 19.1 Å². The molecule has 1 unspecified atom stereocenters. The first-order valence-electron chi connectivity index (χ1n) is 11.9. The van der Waals surface area contributed by atoms with Crippen molar-refractivity contribution in [3.05, 3.63) is 53.2 Å². The van der Waals surface area contributed by atoms with Gasteiger partial charge in [-0.3, -0.25) is 0 Å². The van der Waals surface area contributed by atoms with Gasteiger partial charge in [-0.1, -0.05) is 0 Å². The Bertz CT molecular complexity index is 1470. The number of aromatic nitrogens is 2. The summed E-state index contributed by atoms with van der Waals surface area (Å²) in [5.41, 5.74) is 8.39. The number of sulfonamides is 1. The Morgan fingerprint density at radius 1 is 1.26 bits per heavy atom. The molecule has 1 radical (unpaired) electrons. The molecule has 38 heavy (non-hydrogen) atoms. The van der Waals surface area contributed by atoms with E-state index in [2.05, 4.69) is 15.3 Å². The Labute approximate surface area is 234 Å². The number of rotatable bonds is 8. The average Bonchev–Trinajstić information content (AvgIpc) is 3.01. The molecule has 201 valence electrons. The summed E-state index contributed by atoms with van der Waals surface area (Å²) in [7, 11) is 0.940. The molecule has 13 heteroatoms. The molecule has 0 fully saturated rings. The molecule has 1 aliphatic rings. The van der Waals surface area contributed by atoms with Crippen LogP contribution in [-0.4, -0.2) is 78.1 Å². The summed E-state index contributed by atoms with van der Waals surface area (Å²) in [6.07, 6.45) is 2.58. The summed E-state index contributed by atoms with van der Waals surface area (Å²) in [5, 5.41) is 3.57. The third-order valence-corrected chi connectivity index (χ3v) is 11.4. The second-order valence-corrected chi connectivity index (χ2v) is 13.6. The van der Waals surface area contributed by atoms with Crippen molar-refractivity contribution in [1.29, 1.82) is 0 Å². The normalized spacial score (nSPS) is 16.1. The maximum atomic E-state index is 12.9. The van der Waals surface area contributed by atoms with Gasteiger partial charge in [-0.25, -0.2) is 0 Å². The van der Waals surface area contributed by atoms with Crippen molar-refractivity contribution in [1.82, 2.24) is 14.3 Å². The molecule has 2 aromatic carbocycles. The number of nitrogens with one attached hydrogen (secondary N) is 1. The molecule has 3 N–H and O–H groups in total. The molecule has 1 amide bonds. The van der Waals surface area contributed by atoms with Crippen LogP contribution in [0.5, 0.6) is 5.75 Å². The molecule has 10 nitrogen and oxygen atoms in total. The molecule has 0 saturated carbocycles. The number of anilines is 3. The zero-order chi connectivity index (χ0) is 27.6. The summed E-state index contributed by atoms with van der Waals surface area (Å²) in [6, 6.07) is 9.96. The van der Waals surface area contributed by atoms with Crippen LogP contribution in [0.15, 0.2) is 47.5 Å². The Morgan fingerprint density at radius 3 is 2.68 bits per heavy atom. The molecular formula is C25H29AsClN6O4S. The van der Waals surface area contributed by atoms with Gasteiger partial charge in [0.2, 0.25) is 0 Å². The van der Waals surface area contributed by atoms with Gasteiger partial charge in [-0.2, -0.15) is 0 Å². The van der Waals surface area contributed by atoms with E-state index in [4.69, 9.17) is 22.1 Å². The SMILES string of the molecule is CCN1C(=O)C(N)CCc2c1ccc(Nc1ncc(Cl)c([As]c3ccccc3S(=O)(=O)N(C)C)n1)c2OC. The van der Waals surface area contributed by atoms with Gasteiger partial charge >= 0.3 is 235 Å². The van der Waals surface area contributed by atoms with Crippen molar-refractivity contribution in [2.24, 2.45) is 5.73 Å². The second-order valence-electron chi connectivity index (χ2n) is 8.73. The Hall–Kier alpha value is -2.69. The standard InChI is InChI=1S/C25H29AsClN6O4S/c1-5-33-20-13-12-19(22(37-4)15(20)10-11-18(28)24(33)34)30-25-29-14-17(27)23(31-25)26-16-8-6-7-9-21(16)38(35,36)32(2)3/h6-9,12-14,18H,5,10-11,28H2,1-4H3,(H,29,30,31). The molecule has 4 rings (SSSR count). The number of hydrogen-bond acceptors (Lipinski definition) is 8. The number of halogens is 1. The summed E-state index contributed by atoms with van der Waals surface area (Å²) in [6.45, 7) is 2.40. The van der Waals surface area contributed by atoms with Crippen LogP contribution in [-0.2, 0) is 21.2 Å². The first-order valence-corrected chi connectivity index (χ1v) is 15.6. The van der Waals surface area contributed by atoms with Crippen molar-refractivity contribution in [2.45, 2.75) is 30.7 Å². The van der Waals surface area contributed by atoms with E-state index in [1.54, 1.807) is 36.3 Å². The van der Waals surface area contributed by atoms with E-state index in [9.17, 15) is 13.2 Å². The number of amides is 1. The van der Waals surface area contributed by atoms with Gasteiger partial charge in [-0.05, 0) is 0 Å². The van der Waals surface area contributed by atoms with Crippen molar-refractivity contribution in [2.75, 3.05) is 38.0 Å². The molecule has 2 heterocycles. The molecule has 1 aliphatic heterocycles. The topological polar surface area (TPSA) is 131 Å². The van der Waals surface area contributed by atoms with E-state index in [0.29, 0.717) is 50.6 Å². The first kappa shape index (κ1) is 28.3. The number of hydrogen-bond donors (Lipinski definition) is 2. The van der Waals surface area contributed by atoms with Crippen molar-refractivity contribution >= 4 is 69.4 Å². The number of carbonyl (C=O) groups excluding carboxylic acids is 1. The van der Waals surface area contributed by atoms with Crippen LogP contribution in [0.4, 0.5) is 17.3 Å². The zero-order valence-corrected chi connectivity index (χ0v) is 24.9. The number of methoxy groups -OCH3 is 1. The molecule has 0 aliphatic carbocycles. The maximum absolute atomic E-state index is 12.9. The van der Waals surface area contributed by atoms with Crippen LogP contribution in [0, 0.1) is 0 Å². The zero-order valence-electron chi connectivity index (χ0n) is 21.5. The number of ether oxygens (including phenoxy) is 1. The number of likely N-dealkylation sites (N-methyl/N-ethyl adjacent to an activating group) is 1. The number of fused-ring (bicyclic) bond motifs is 1. The average molecular weight is 620 g/mol. The van der Waals surface area contributed by atoms with E-state index in [-0.39, 0.29) is 10.8 Å². The fourth-order valence-electron chi connectivity index (χ4n) is 4.21. The van der Waals surface area contributed by atoms with Gasteiger partial charge in [0.15, 0.2) is 0 Å². The van der Waals surface area contributed by atoms with Crippen LogP contribution in [0.2, 0.25) is 5.02 Å². The molecule has 0 bridgehead atoms. The van der Waals surface area contributed by atoms with Crippen molar-refractivity contribution < 1.29 is 17.9 Å². The van der Waals surface area contributed by atoms with Gasteiger partial charge in [0.05, 0.1) is 0 Å². The number of nitrogens with two attached hydrogens (primary N) is 1. The van der Waals surface area contributed by atoms with E-state index >= 15 is 0 Å². The number of carbonyl (C=O) groups is 1. The molecule has 0 saturated heterocycles. The molecule has 3 aromatic rings. The predicted octanol–water partition coefficient (Wildman–Crippen LogP) is 1.41. The van der Waals surface area contributed by atoms with Crippen molar-refractivity contribution in [3.8, 4) is 5.75 Å². The van der Waals surface area contributed by atoms with E-state index in [1.165, 1.54) is 24.6 Å². The minimum absolute atomic E-state index is 0.111. The van der Waals surface area contributed by atoms with Crippen LogP contribution in [0.25, 0.3) is 0 Å². The molecule has 1 aromatic heterocycles. The van der Waals surface area contributed by atoms with Crippen LogP contribution < -0.4 is 29.5 Å². The van der Waals surface area contributed by atoms with Crippen LogP contribution >= 0.6 is 11.6 Å². The predicted molar refractivity (Wildman–Crippen MR) is 150 cm³/mol. The van der Waals surface area contributed by atoms with Crippen LogP contribution in [0.3, 0.4) is 0 Å². The van der Waals surface area contributed by atoms with Gasteiger partial charge < -0.3 is 0 Å². The monoisotopic (exact) mass is 619 g/mol. The molecule has 0 spiro atoms. The quantitative estimate of drug-likeness (QED) is 0.362. The fourth-order valence-corrected chi connectivity index (χ4v) is 8.31. The van der Waals surface area contributed by atoms with E-state index in [0.717, 1.165) is 11.3 Å². The van der Waals surface area contributed by atoms with Crippen LogP contribution in [0.1, 0.15) is 18.9 Å². The summed E-state index contributed by atoms with van der Waals surface area (Å²) in [4.78, 5) is 23.6. The third kappa shape index (κ3) is 5.53. The molecular weight excluding hydrogens is 591 g/mol. The summed E-state index contributed by atoms with van der Waals surface area (Å²) < 4.78 is 33.9. The second kappa shape index (κ2) is 11.6. The van der Waals surface area contributed by atoms with Crippen molar-refractivity contribution in [3.63, 3.8) is 0 Å². The van der Waals surface area contributed by atoms with E-state index < -0.39 is 31.8 Å². The Kier molecular flexibility index (Phi) is 8.64. The summed E-state index contributed by atoms with van der Waals surface area (Å²) >= 11 is 5.57. The van der Waals surface area contributed by atoms with Gasteiger partial charge in [0.1, 0.15) is 0 Å². The fraction of sp³-hybridized carbons (Fsp3) is 0.320. The van der Waals surface area contributed by atoms with Gasteiger partial charge in [0.25, 0.3) is 0 Å². The van der Waals surface area contributed by atoms with Gasteiger partial charge in [-0.15, -0.1) is 0 Å². The first-order chi connectivity index (χ1) is 18.1.